The number of carbonyl (C=O) groups is 2. The van der Waals surface area contributed by atoms with Gasteiger partial charge in [-0.1, -0.05) is 20.8 Å². The molecule has 0 saturated carbocycles. The second-order valence-corrected chi connectivity index (χ2v) is 4.21. The first-order valence-corrected chi connectivity index (χ1v) is 6.76. The second kappa shape index (κ2) is 8.21. The molecule has 0 aromatic rings. The van der Waals surface area contributed by atoms with Crippen molar-refractivity contribution in [3.05, 3.63) is 0 Å². The molecule has 18 heavy (non-hydrogen) atoms. The number of hydrogen-bond acceptors (Lipinski definition) is 4. The summed E-state index contributed by atoms with van der Waals surface area (Å²) in [6, 6.07) is -0.592. The minimum absolute atomic E-state index is 0.0100. The SMILES string of the molecule is CC.CCC1NCC(NC)C(=O)N1C(C)C(C)=O. The lowest BCUT2D eigenvalue weighted by Crippen LogP contribution is -2.66. The molecule has 5 nitrogen and oxygen atoms in total. The fourth-order valence-electron chi connectivity index (χ4n) is 2.00. The number of nitrogens with zero attached hydrogens (tertiary/aromatic N) is 1. The molecule has 0 aromatic carbocycles. The van der Waals surface area contributed by atoms with E-state index in [1.807, 2.05) is 20.8 Å². The smallest absolute Gasteiger partial charge is 0.242 e. The molecule has 0 spiro atoms. The Hall–Kier alpha value is -0.940. The third-order valence-corrected chi connectivity index (χ3v) is 3.19. The van der Waals surface area contributed by atoms with Crippen LogP contribution in [0.25, 0.3) is 0 Å². The molecule has 1 fully saturated rings. The topological polar surface area (TPSA) is 61.4 Å². The first kappa shape index (κ1) is 17.1. The number of nitrogens with one attached hydrogen (secondary N) is 2. The highest BCUT2D eigenvalue weighted by Crippen LogP contribution is 2.14. The molecule has 1 heterocycles. The lowest BCUT2D eigenvalue weighted by molar-refractivity contribution is -0.146. The van der Waals surface area contributed by atoms with Crippen LogP contribution in [-0.2, 0) is 9.59 Å². The number of carbonyl (C=O) groups excluding carboxylic acids is 2. The average Bonchev–Trinajstić information content (AvgIpc) is 2.39. The summed E-state index contributed by atoms with van der Waals surface area (Å²) in [6.45, 7) is 9.93. The summed E-state index contributed by atoms with van der Waals surface area (Å²) < 4.78 is 0. The van der Waals surface area contributed by atoms with Crippen molar-refractivity contribution in [1.82, 2.24) is 15.5 Å². The molecule has 0 aromatic heterocycles. The van der Waals surface area contributed by atoms with Crippen LogP contribution in [0.5, 0.6) is 0 Å². The maximum atomic E-state index is 12.1. The Labute approximate surface area is 110 Å². The Kier molecular flexibility index (Phi) is 7.78. The Morgan fingerprint density at radius 1 is 1.56 bits per heavy atom. The summed E-state index contributed by atoms with van der Waals surface area (Å²) in [6.07, 6.45) is 0.774. The van der Waals surface area contributed by atoms with E-state index in [0.29, 0.717) is 6.54 Å². The predicted octanol–water partition coefficient (Wildman–Crippen LogP) is 0.746. The van der Waals surface area contributed by atoms with Crippen LogP contribution in [0, 0.1) is 0 Å². The molecule has 1 saturated heterocycles. The van der Waals surface area contributed by atoms with Crippen molar-refractivity contribution in [1.29, 1.82) is 0 Å². The number of rotatable bonds is 4. The van der Waals surface area contributed by atoms with Crippen molar-refractivity contribution < 1.29 is 9.59 Å². The van der Waals surface area contributed by atoms with Crippen LogP contribution in [-0.4, -0.2) is 48.4 Å². The molecule has 5 heteroatoms. The van der Waals surface area contributed by atoms with Gasteiger partial charge in [-0.25, -0.2) is 0 Å². The van der Waals surface area contributed by atoms with Crippen molar-refractivity contribution in [2.75, 3.05) is 13.6 Å². The van der Waals surface area contributed by atoms with Crippen LogP contribution in [0.3, 0.4) is 0 Å². The maximum absolute atomic E-state index is 12.1. The highest BCUT2D eigenvalue weighted by atomic mass is 16.2. The van der Waals surface area contributed by atoms with Gasteiger partial charge in [0, 0.05) is 6.54 Å². The Bertz CT molecular complexity index is 281. The first-order valence-electron chi connectivity index (χ1n) is 6.76. The molecule has 3 atom stereocenters. The van der Waals surface area contributed by atoms with Crippen molar-refractivity contribution in [2.45, 2.75) is 59.3 Å². The first-order chi connectivity index (χ1) is 8.52. The summed E-state index contributed by atoms with van der Waals surface area (Å²) in [5.74, 6) is 0.0288. The van der Waals surface area contributed by atoms with Gasteiger partial charge in [-0.3, -0.25) is 14.9 Å². The lowest BCUT2D eigenvalue weighted by atomic mass is 10.1. The van der Waals surface area contributed by atoms with Crippen LogP contribution in [0.15, 0.2) is 0 Å². The van der Waals surface area contributed by atoms with Crippen LogP contribution in [0.4, 0.5) is 0 Å². The van der Waals surface area contributed by atoms with E-state index in [9.17, 15) is 9.59 Å². The fourth-order valence-corrected chi connectivity index (χ4v) is 2.00. The van der Waals surface area contributed by atoms with Crippen LogP contribution < -0.4 is 10.6 Å². The van der Waals surface area contributed by atoms with E-state index < -0.39 is 0 Å². The molecule has 1 aliphatic rings. The molecule has 1 amide bonds. The quantitative estimate of drug-likeness (QED) is 0.780. The van der Waals surface area contributed by atoms with E-state index in [4.69, 9.17) is 0 Å². The molecular formula is C13H27N3O2. The van der Waals surface area contributed by atoms with Crippen LogP contribution >= 0.6 is 0 Å². The third-order valence-electron chi connectivity index (χ3n) is 3.19. The van der Waals surface area contributed by atoms with Crippen LogP contribution in [0.2, 0.25) is 0 Å². The summed E-state index contributed by atoms with van der Waals surface area (Å²) >= 11 is 0. The van der Waals surface area contributed by atoms with E-state index in [0.717, 1.165) is 6.42 Å². The zero-order chi connectivity index (χ0) is 14.3. The van der Waals surface area contributed by atoms with Crippen molar-refractivity contribution in [3.8, 4) is 0 Å². The monoisotopic (exact) mass is 257 g/mol. The Morgan fingerprint density at radius 3 is 2.50 bits per heavy atom. The van der Waals surface area contributed by atoms with Gasteiger partial charge in [0.05, 0.1) is 18.2 Å². The normalized spacial score (nSPS) is 25.2. The summed E-state index contributed by atoms with van der Waals surface area (Å²) in [4.78, 5) is 25.2. The van der Waals surface area contributed by atoms with Gasteiger partial charge < -0.3 is 10.2 Å². The van der Waals surface area contributed by atoms with Gasteiger partial charge in [-0.05, 0) is 27.3 Å². The summed E-state index contributed by atoms with van der Waals surface area (Å²) in [7, 11) is 1.76. The van der Waals surface area contributed by atoms with E-state index in [-0.39, 0.29) is 29.9 Å². The molecular weight excluding hydrogens is 230 g/mol. The molecule has 2 N–H and O–H groups in total. The van der Waals surface area contributed by atoms with Gasteiger partial charge in [0.25, 0.3) is 0 Å². The number of likely N-dealkylation sites (N-methyl/N-ethyl adjacent to an activating group) is 1. The highest BCUT2D eigenvalue weighted by molar-refractivity contribution is 5.90. The van der Waals surface area contributed by atoms with Gasteiger partial charge in [-0.2, -0.15) is 0 Å². The van der Waals surface area contributed by atoms with E-state index in [1.54, 1.807) is 18.9 Å². The number of ketones is 1. The maximum Gasteiger partial charge on any atom is 0.242 e. The lowest BCUT2D eigenvalue weighted by Gasteiger charge is -2.42. The predicted molar refractivity (Wildman–Crippen MR) is 73.3 cm³/mol. The van der Waals surface area contributed by atoms with E-state index in [2.05, 4.69) is 10.6 Å². The number of amides is 1. The fraction of sp³-hybridized carbons (Fsp3) is 0.846. The van der Waals surface area contributed by atoms with Crippen LogP contribution in [0.1, 0.15) is 41.0 Å². The number of Topliss-reactive ketones (excluding diaryl/α,β-unsaturated/α-hetero) is 1. The molecule has 1 aliphatic heterocycles. The van der Waals surface area contributed by atoms with E-state index >= 15 is 0 Å². The largest absolute Gasteiger partial charge is 0.316 e. The summed E-state index contributed by atoms with van der Waals surface area (Å²) in [5, 5.41) is 6.23. The molecule has 106 valence electrons. The van der Waals surface area contributed by atoms with Gasteiger partial charge in [-0.15, -0.1) is 0 Å². The molecule has 0 bridgehead atoms. The standard InChI is InChI=1S/C11H21N3O2.C2H6/c1-5-10-13-6-9(12-4)11(16)14(10)7(2)8(3)15;1-2/h7,9-10,12-13H,5-6H2,1-4H3;1-2H3. The van der Waals surface area contributed by atoms with Gasteiger partial charge in [0.1, 0.15) is 0 Å². The molecule has 0 aliphatic carbocycles. The van der Waals surface area contributed by atoms with Gasteiger partial charge >= 0.3 is 0 Å². The van der Waals surface area contributed by atoms with Crippen molar-refractivity contribution in [2.24, 2.45) is 0 Å². The minimum atomic E-state index is -0.360. The molecule has 0 radical (unpaired) electrons. The minimum Gasteiger partial charge on any atom is -0.316 e. The van der Waals surface area contributed by atoms with Crippen molar-refractivity contribution >= 4 is 11.7 Å². The summed E-state index contributed by atoms with van der Waals surface area (Å²) in [5.41, 5.74) is 0. The Balaban J connectivity index is 0.00000137. The molecule has 1 rings (SSSR count). The average molecular weight is 257 g/mol. The zero-order valence-electron chi connectivity index (χ0n) is 12.4. The second-order valence-electron chi connectivity index (χ2n) is 4.21. The third kappa shape index (κ3) is 3.78. The van der Waals surface area contributed by atoms with Crippen molar-refractivity contribution in [3.63, 3.8) is 0 Å². The van der Waals surface area contributed by atoms with Gasteiger partial charge in [0.2, 0.25) is 5.91 Å². The van der Waals surface area contributed by atoms with Gasteiger partial charge in [0.15, 0.2) is 5.78 Å². The Morgan fingerprint density at radius 2 is 2.11 bits per heavy atom. The number of hydrogen-bond donors (Lipinski definition) is 2. The highest BCUT2D eigenvalue weighted by Gasteiger charge is 2.37. The zero-order valence-corrected chi connectivity index (χ0v) is 12.4. The van der Waals surface area contributed by atoms with E-state index in [1.165, 1.54) is 6.92 Å². The molecule has 3 unspecified atom stereocenters.